The standard InChI is InChI=1S/C23H27N3O3/c1-3-17-9-11-19(12-10-17)21-20(13-24-16-23(2,29)22(27)28)15-26(25-21)14-18-7-5-4-6-8-18/h4-12,15,24,29H,3,13-14,16H2,1-2H3,(H,27,28). The van der Waals surface area contributed by atoms with Crippen LogP contribution >= 0.6 is 0 Å². The second kappa shape index (κ2) is 9.03. The Hall–Kier alpha value is -2.96. The van der Waals surface area contributed by atoms with Crippen molar-refractivity contribution in [2.45, 2.75) is 39.0 Å². The van der Waals surface area contributed by atoms with Gasteiger partial charge in [-0.05, 0) is 24.5 Å². The average molecular weight is 393 g/mol. The van der Waals surface area contributed by atoms with Gasteiger partial charge < -0.3 is 15.5 Å². The van der Waals surface area contributed by atoms with E-state index in [1.807, 2.05) is 29.1 Å². The Balaban J connectivity index is 1.84. The Morgan fingerprint density at radius 3 is 2.41 bits per heavy atom. The smallest absolute Gasteiger partial charge is 0.336 e. The molecule has 0 fully saturated rings. The first-order valence-corrected chi connectivity index (χ1v) is 9.75. The molecule has 0 saturated heterocycles. The number of aromatic nitrogens is 2. The largest absolute Gasteiger partial charge is 0.479 e. The number of hydrogen-bond donors (Lipinski definition) is 3. The predicted octanol–water partition coefficient (Wildman–Crippen LogP) is 3.09. The molecule has 1 unspecified atom stereocenters. The highest BCUT2D eigenvalue weighted by Crippen LogP contribution is 2.23. The van der Waals surface area contributed by atoms with Gasteiger partial charge in [0.1, 0.15) is 0 Å². The highest BCUT2D eigenvalue weighted by atomic mass is 16.4. The zero-order valence-corrected chi connectivity index (χ0v) is 16.8. The number of carboxylic acid groups (broad SMARTS) is 1. The minimum Gasteiger partial charge on any atom is -0.479 e. The van der Waals surface area contributed by atoms with E-state index in [0.717, 1.165) is 28.8 Å². The van der Waals surface area contributed by atoms with E-state index >= 15 is 0 Å². The molecule has 0 amide bonds. The fraction of sp³-hybridized carbons (Fsp3) is 0.304. The van der Waals surface area contributed by atoms with Crippen LogP contribution in [0.1, 0.15) is 30.5 Å². The normalized spacial score (nSPS) is 13.2. The minimum atomic E-state index is -1.82. The number of aryl methyl sites for hydroxylation is 1. The van der Waals surface area contributed by atoms with Gasteiger partial charge in [0, 0.05) is 30.4 Å². The number of nitrogens with zero attached hydrogens (tertiary/aromatic N) is 2. The summed E-state index contributed by atoms with van der Waals surface area (Å²) in [6, 6.07) is 18.4. The van der Waals surface area contributed by atoms with Crippen molar-refractivity contribution in [2.24, 2.45) is 0 Å². The van der Waals surface area contributed by atoms with Crippen molar-refractivity contribution in [3.8, 4) is 11.3 Å². The van der Waals surface area contributed by atoms with E-state index in [2.05, 4.69) is 48.6 Å². The number of rotatable bonds is 9. The number of hydrogen-bond acceptors (Lipinski definition) is 4. The van der Waals surface area contributed by atoms with Crippen molar-refractivity contribution in [1.29, 1.82) is 0 Å². The molecule has 0 saturated carbocycles. The van der Waals surface area contributed by atoms with E-state index in [0.29, 0.717) is 13.1 Å². The molecule has 29 heavy (non-hydrogen) atoms. The SMILES string of the molecule is CCc1ccc(-c2nn(Cc3ccccc3)cc2CNCC(C)(O)C(=O)O)cc1. The number of benzene rings is 2. The molecule has 0 spiro atoms. The number of aliphatic hydroxyl groups is 1. The van der Waals surface area contributed by atoms with Crippen molar-refractivity contribution in [1.82, 2.24) is 15.1 Å². The summed E-state index contributed by atoms with van der Waals surface area (Å²) in [4.78, 5) is 11.1. The van der Waals surface area contributed by atoms with Gasteiger partial charge in [0.15, 0.2) is 5.60 Å². The van der Waals surface area contributed by atoms with Crippen LogP contribution in [0.3, 0.4) is 0 Å². The molecular formula is C23H27N3O3. The number of nitrogens with one attached hydrogen (secondary N) is 1. The van der Waals surface area contributed by atoms with Gasteiger partial charge in [-0.2, -0.15) is 5.10 Å². The van der Waals surface area contributed by atoms with Crippen molar-refractivity contribution < 1.29 is 15.0 Å². The van der Waals surface area contributed by atoms with Gasteiger partial charge in [-0.15, -0.1) is 0 Å². The average Bonchev–Trinajstić information content (AvgIpc) is 3.11. The molecule has 0 aliphatic rings. The number of carbonyl (C=O) groups is 1. The first kappa shape index (κ1) is 20.8. The van der Waals surface area contributed by atoms with Crippen molar-refractivity contribution in [2.75, 3.05) is 6.54 Å². The van der Waals surface area contributed by atoms with Gasteiger partial charge in [0.05, 0.1) is 12.2 Å². The van der Waals surface area contributed by atoms with E-state index in [4.69, 9.17) is 10.2 Å². The molecule has 0 aliphatic heterocycles. The molecule has 3 rings (SSSR count). The molecule has 152 valence electrons. The lowest BCUT2D eigenvalue weighted by Crippen LogP contribution is -2.44. The molecule has 1 heterocycles. The van der Waals surface area contributed by atoms with Gasteiger partial charge in [-0.3, -0.25) is 4.68 Å². The first-order valence-electron chi connectivity index (χ1n) is 9.75. The van der Waals surface area contributed by atoms with E-state index in [9.17, 15) is 9.90 Å². The maximum Gasteiger partial charge on any atom is 0.336 e. The fourth-order valence-corrected chi connectivity index (χ4v) is 3.10. The van der Waals surface area contributed by atoms with Crippen molar-refractivity contribution >= 4 is 5.97 Å². The van der Waals surface area contributed by atoms with Crippen LogP contribution < -0.4 is 5.32 Å². The van der Waals surface area contributed by atoms with Crippen LogP contribution in [-0.2, 0) is 24.3 Å². The zero-order valence-electron chi connectivity index (χ0n) is 16.8. The monoisotopic (exact) mass is 393 g/mol. The Morgan fingerprint density at radius 2 is 1.79 bits per heavy atom. The van der Waals surface area contributed by atoms with Gasteiger partial charge in [0.25, 0.3) is 0 Å². The zero-order chi connectivity index (χ0) is 20.9. The lowest BCUT2D eigenvalue weighted by atomic mass is 10.0. The van der Waals surface area contributed by atoms with Gasteiger partial charge in [-0.1, -0.05) is 61.5 Å². The number of carboxylic acids is 1. The van der Waals surface area contributed by atoms with Crippen LogP contribution in [0.5, 0.6) is 0 Å². The minimum absolute atomic E-state index is 0.0551. The second-order valence-electron chi connectivity index (χ2n) is 7.42. The maximum absolute atomic E-state index is 11.1. The highest BCUT2D eigenvalue weighted by molar-refractivity contribution is 5.76. The molecule has 1 aromatic heterocycles. The van der Waals surface area contributed by atoms with Crippen LogP contribution in [0, 0.1) is 0 Å². The van der Waals surface area contributed by atoms with E-state index in [1.54, 1.807) is 0 Å². The van der Waals surface area contributed by atoms with Crippen LogP contribution in [0.2, 0.25) is 0 Å². The lowest BCUT2D eigenvalue weighted by molar-refractivity contribution is -0.156. The Kier molecular flexibility index (Phi) is 6.46. The highest BCUT2D eigenvalue weighted by Gasteiger charge is 2.29. The van der Waals surface area contributed by atoms with E-state index < -0.39 is 11.6 Å². The van der Waals surface area contributed by atoms with Gasteiger partial charge >= 0.3 is 5.97 Å². The fourth-order valence-electron chi connectivity index (χ4n) is 3.10. The molecule has 0 aliphatic carbocycles. The third-order valence-corrected chi connectivity index (χ3v) is 4.91. The topological polar surface area (TPSA) is 87.4 Å². The molecular weight excluding hydrogens is 366 g/mol. The molecule has 6 heteroatoms. The lowest BCUT2D eigenvalue weighted by Gasteiger charge is -2.18. The molecule has 0 radical (unpaired) electrons. The maximum atomic E-state index is 11.1. The van der Waals surface area contributed by atoms with Crippen molar-refractivity contribution in [3.05, 3.63) is 77.5 Å². The summed E-state index contributed by atoms with van der Waals surface area (Å²) >= 11 is 0. The molecule has 3 N–H and O–H groups in total. The molecule has 6 nitrogen and oxygen atoms in total. The quantitative estimate of drug-likeness (QED) is 0.520. The predicted molar refractivity (Wildman–Crippen MR) is 113 cm³/mol. The van der Waals surface area contributed by atoms with Gasteiger partial charge in [0.2, 0.25) is 0 Å². The summed E-state index contributed by atoms with van der Waals surface area (Å²) in [7, 11) is 0. The summed E-state index contributed by atoms with van der Waals surface area (Å²) in [6.45, 7) is 4.40. The summed E-state index contributed by atoms with van der Waals surface area (Å²) in [5, 5.41) is 26.8. The van der Waals surface area contributed by atoms with E-state index in [-0.39, 0.29) is 6.54 Å². The van der Waals surface area contributed by atoms with Crippen LogP contribution in [-0.4, -0.2) is 38.1 Å². The molecule has 0 bridgehead atoms. The molecule has 1 atom stereocenters. The Morgan fingerprint density at radius 1 is 1.10 bits per heavy atom. The molecule has 2 aromatic carbocycles. The van der Waals surface area contributed by atoms with Crippen LogP contribution in [0.25, 0.3) is 11.3 Å². The number of aliphatic carboxylic acids is 1. The Bertz CT molecular complexity index is 947. The molecule has 3 aromatic rings. The van der Waals surface area contributed by atoms with Gasteiger partial charge in [-0.25, -0.2) is 4.79 Å². The second-order valence-corrected chi connectivity index (χ2v) is 7.42. The summed E-state index contributed by atoms with van der Waals surface area (Å²) in [6.07, 6.45) is 2.94. The summed E-state index contributed by atoms with van der Waals surface area (Å²) in [5.74, 6) is -1.25. The van der Waals surface area contributed by atoms with E-state index in [1.165, 1.54) is 12.5 Å². The van der Waals surface area contributed by atoms with Crippen LogP contribution in [0.4, 0.5) is 0 Å². The Labute approximate surface area is 170 Å². The third-order valence-electron chi connectivity index (χ3n) is 4.91. The summed E-state index contributed by atoms with van der Waals surface area (Å²) < 4.78 is 1.89. The summed E-state index contributed by atoms with van der Waals surface area (Å²) in [5.41, 5.74) is 3.40. The first-order chi connectivity index (χ1) is 13.9. The van der Waals surface area contributed by atoms with Crippen molar-refractivity contribution in [3.63, 3.8) is 0 Å². The third kappa shape index (κ3) is 5.31. The van der Waals surface area contributed by atoms with Crippen LogP contribution in [0.15, 0.2) is 60.8 Å².